The normalized spacial score (nSPS) is 29.5. The van der Waals surface area contributed by atoms with Gasteiger partial charge in [-0.1, -0.05) is 6.42 Å². The molecule has 0 aromatic heterocycles. The first-order valence-electron chi connectivity index (χ1n) is 8.20. The molecule has 0 aromatic rings. The Morgan fingerprint density at radius 2 is 1.95 bits per heavy atom. The Bertz CT molecular complexity index is 337. The summed E-state index contributed by atoms with van der Waals surface area (Å²) in [5, 5.41) is 0. The van der Waals surface area contributed by atoms with Crippen LogP contribution in [0.2, 0.25) is 0 Å². The Labute approximate surface area is 123 Å². The summed E-state index contributed by atoms with van der Waals surface area (Å²) >= 11 is 0. The lowest BCUT2D eigenvalue weighted by Gasteiger charge is -2.40. The maximum atomic E-state index is 12.3. The molecule has 2 atom stereocenters. The highest BCUT2D eigenvalue weighted by Crippen LogP contribution is 2.23. The Morgan fingerprint density at radius 1 is 1.20 bits per heavy atom. The minimum atomic E-state index is -0.736. The average Bonchev–Trinajstić information content (AvgIpc) is 2.40. The van der Waals surface area contributed by atoms with Crippen LogP contribution in [0, 0.1) is 5.92 Å². The van der Waals surface area contributed by atoms with E-state index in [9.17, 15) is 4.79 Å². The first kappa shape index (κ1) is 15.8. The number of likely N-dealkylation sites (tertiary alicyclic amines) is 2. The van der Waals surface area contributed by atoms with Crippen LogP contribution >= 0.6 is 0 Å². The summed E-state index contributed by atoms with van der Waals surface area (Å²) in [5.41, 5.74) is 5.22. The van der Waals surface area contributed by atoms with E-state index in [1.54, 1.807) is 0 Å². The SMILES string of the molecule is C[C@H]1CCCCN1C[C@@H]1CCCN(C(=O)C(C)(C)N)C1. The van der Waals surface area contributed by atoms with E-state index in [1.807, 2.05) is 18.7 Å². The highest BCUT2D eigenvalue weighted by Gasteiger charge is 2.32. The standard InChI is InChI=1S/C16H31N3O/c1-13-7-4-5-9-18(13)11-14-8-6-10-19(12-14)15(20)16(2,3)17/h13-14H,4-12,17H2,1-3H3/t13-,14-/m0/s1. The smallest absolute Gasteiger partial charge is 0.242 e. The number of nitrogens with two attached hydrogens (primary N) is 1. The highest BCUT2D eigenvalue weighted by atomic mass is 16.2. The molecule has 1 amide bonds. The van der Waals surface area contributed by atoms with Crippen LogP contribution < -0.4 is 5.73 Å². The van der Waals surface area contributed by atoms with E-state index in [-0.39, 0.29) is 5.91 Å². The molecule has 4 nitrogen and oxygen atoms in total. The molecule has 2 aliphatic heterocycles. The fraction of sp³-hybridized carbons (Fsp3) is 0.938. The molecule has 2 saturated heterocycles. The van der Waals surface area contributed by atoms with E-state index in [4.69, 9.17) is 5.73 Å². The Kier molecular flexibility index (Phi) is 5.08. The second-order valence-corrected chi connectivity index (χ2v) is 7.32. The van der Waals surface area contributed by atoms with E-state index in [0.717, 1.165) is 26.1 Å². The molecule has 2 rings (SSSR count). The molecule has 0 aliphatic carbocycles. The molecule has 2 heterocycles. The third-order valence-electron chi connectivity index (χ3n) is 4.79. The summed E-state index contributed by atoms with van der Waals surface area (Å²) in [4.78, 5) is 16.9. The quantitative estimate of drug-likeness (QED) is 0.858. The Balaban J connectivity index is 1.88. The van der Waals surface area contributed by atoms with Crippen molar-refractivity contribution in [3.8, 4) is 0 Å². The number of nitrogens with zero attached hydrogens (tertiary/aromatic N) is 2. The molecule has 2 fully saturated rings. The molecule has 2 N–H and O–H groups in total. The monoisotopic (exact) mass is 281 g/mol. The minimum absolute atomic E-state index is 0.105. The summed E-state index contributed by atoms with van der Waals surface area (Å²) in [5.74, 6) is 0.726. The lowest BCUT2D eigenvalue weighted by Crippen LogP contribution is -2.55. The van der Waals surface area contributed by atoms with Gasteiger partial charge in [-0.05, 0) is 58.9 Å². The van der Waals surface area contributed by atoms with Crippen molar-refractivity contribution in [1.29, 1.82) is 0 Å². The molecule has 4 heteroatoms. The molecule has 0 unspecified atom stereocenters. The number of carbonyl (C=O) groups is 1. The first-order chi connectivity index (χ1) is 9.38. The number of amides is 1. The van der Waals surface area contributed by atoms with Crippen LogP contribution in [0.5, 0.6) is 0 Å². The molecule has 0 saturated carbocycles. The molecule has 0 spiro atoms. The van der Waals surface area contributed by atoms with Crippen molar-refractivity contribution in [3.05, 3.63) is 0 Å². The topological polar surface area (TPSA) is 49.6 Å². The third kappa shape index (κ3) is 3.95. The van der Waals surface area contributed by atoms with Gasteiger partial charge >= 0.3 is 0 Å². The molecule has 0 aromatic carbocycles. The molecule has 0 radical (unpaired) electrons. The molecule has 0 bridgehead atoms. The van der Waals surface area contributed by atoms with Gasteiger partial charge in [0.25, 0.3) is 0 Å². The number of rotatable bonds is 3. The van der Waals surface area contributed by atoms with Crippen LogP contribution in [-0.2, 0) is 4.79 Å². The predicted molar refractivity (Wildman–Crippen MR) is 82.5 cm³/mol. The van der Waals surface area contributed by atoms with E-state index in [2.05, 4.69) is 11.8 Å². The summed E-state index contributed by atoms with van der Waals surface area (Å²) in [6, 6.07) is 0.709. The van der Waals surface area contributed by atoms with Crippen molar-refractivity contribution in [2.24, 2.45) is 11.7 Å². The zero-order valence-electron chi connectivity index (χ0n) is 13.4. The van der Waals surface area contributed by atoms with Gasteiger partial charge in [-0.2, -0.15) is 0 Å². The number of hydrogen-bond acceptors (Lipinski definition) is 3. The number of hydrogen-bond donors (Lipinski definition) is 1. The van der Waals surface area contributed by atoms with Gasteiger partial charge in [0.15, 0.2) is 0 Å². The van der Waals surface area contributed by atoms with Crippen molar-refractivity contribution in [2.75, 3.05) is 26.2 Å². The highest BCUT2D eigenvalue weighted by molar-refractivity contribution is 5.85. The van der Waals surface area contributed by atoms with Gasteiger partial charge in [0, 0.05) is 25.7 Å². The first-order valence-corrected chi connectivity index (χ1v) is 8.20. The van der Waals surface area contributed by atoms with Crippen molar-refractivity contribution in [1.82, 2.24) is 9.80 Å². The van der Waals surface area contributed by atoms with Gasteiger partial charge in [0.05, 0.1) is 5.54 Å². The summed E-state index contributed by atoms with van der Waals surface area (Å²) < 4.78 is 0. The Hall–Kier alpha value is -0.610. The second-order valence-electron chi connectivity index (χ2n) is 7.32. The van der Waals surface area contributed by atoms with Crippen LogP contribution in [0.15, 0.2) is 0 Å². The lowest BCUT2D eigenvalue weighted by atomic mass is 9.93. The molecule has 2 aliphatic rings. The van der Waals surface area contributed by atoms with E-state index >= 15 is 0 Å². The van der Waals surface area contributed by atoms with Crippen LogP contribution in [0.3, 0.4) is 0 Å². The minimum Gasteiger partial charge on any atom is -0.341 e. The maximum absolute atomic E-state index is 12.3. The van der Waals surface area contributed by atoms with Crippen molar-refractivity contribution in [2.45, 2.75) is 64.5 Å². The van der Waals surface area contributed by atoms with Crippen molar-refractivity contribution >= 4 is 5.91 Å². The van der Waals surface area contributed by atoms with Gasteiger partial charge in [0.2, 0.25) is 5.91 Å². The lowest BCUT2D eigenvalue weighted by molar-refractivity contribution is -0.137. The summed E-state index contributed by atoms with van der Waals surface area (Å²) in [6.45, 7) is 10.1. The number of carbonyl (C=O) groups excluding carboxylic acids is 1. The summed E-state index contributed by atoms with van der Waals surface area (Å²) in [6.07, 6.45) is 6.39. The largest absolute Gasteiger partial charge is 0.341 e. The van der Waals surface area contributed by atoms with Crippen molar-refractivity contribution < 1.29 is 4.79 Å². The predicted octanol–water partition coefficient (Wildman–Crippen LogP) is 1.84. The fourth-order valence-electron chi connectivity index (χ4n) is 3.57. The van der Waals surface area contributed by atoms with Crippen molar-refractivity contribution in [3.63, 3.8) is 0 Å². The van der Waals surface area contributed by atoms with Gasteiger partial charge < -0.3 is 15.5 Å². The van der Waals surface area contributed by atoms with Gasteiger partial charge in [0.1, 0.15) is 0 Å². The van der Waals surface area contributed by atoms with E-state index in [1.165, 1.54) is 32.2 Å². The molecule has 20 heavy (non-hydrogen) atoms. The average molecular weight is 281 g/mol. The maximum Gasteiger partial charge on any atom is 0.242 e. The second kappa shape index (κ2) is 6.44. The van der Waals surface area contributed by atoms with Crippen LogP contribution in [0.1, 0.15) is 52.9 Å². The van der Waals surface area contributed by atoms with Gasteiger partial charge in [-0.3, -0.25) is 4.79 Å². The Morgan fingerprint density at radius 3 is 2.60 bits per heavy atom. The van der Waals surface area contributed by atoms with E-state index < -0.39 is 5.54 Å². The fourth-order valence-corrected chi connectivity index (χ4v) is 3.57. The molecular weight excluding hydrogens is 250 g/mol. The molecule has 116 valence electrons. The number of piperidine rings is 2. The van der Waals surface area contributed by atoms with Crippen LogP contribution in [-0.4, -0.2) is 53.5 Å². The van der Waals surface area contributed by atoms with Crippen LogP contribution in [0.25, 0.3) is 0 Å². The molecular formula is C16H31N3O. The van der Waals surface area contributed by atoms with Crippen LogP contribution in [0.4, 0.5) is 0 Å². The third-order valence-corrected chi connectivity index (χ3v) is 4.79. The summed E-state index contributed by atoms with van der Waals surface area (Å²) in [7, 11) is 0. The van der Waals surface area contributed by atoms with Gasteiger partial charge in [-0.15, -0.1) is 0 Å². The van der Waals surface area contributed by atoms with Gasteiger partial charge in [-0.25, -0.2) is 0 Å². The van der Waals surface area contributed by atoms with E-state index in [0.29, 0.717) is 12.0 Å². The zero-order valence-corrected chi connectivity index (χ0v) is 13.4. The zero-order chi connectivity index (χ0) is 14.8.